The Morgan fingerprint density at radius 1 is 1.26 bits per heavy atom. The molecule has 34 heavy (non-hydrogen) atoms. The largest absolute Gasteiger partial charge is 0.442 e. The summed E-state index contributed by atoms with van der Waals surface area (Å²) in [5, 5.41) is 10.7. The molecule has 3 atom stereocenters. The number of benzene rings is 1. The second kappa shape index (κ2) is 8.27. The van der Waals surface area contributed by atoms with Gasteiger partial charge in [0.15, 0.2) is 0 Å². The Morgan fingerprint density at radius 3 is 2.62 bits per heavy atom. The summed E-state index contributed by atoms with van der Waals surface area (Å²) in [5.74, 6) is -0.408. The fourth-order valence-electron chi connectivity index (χ4n) is 5.86. The summed E-state index contributed by atoms with van der Waals surface area (Å²) in [4.78, 5) is 34.1. The Hall–Kier alpha value is -2.59. The van der Waals surface area contributed by atoms with Gasteiger partial charge in [-0.2, -0.15) is 5.06 Å². The van der Waals surface area contributed by atoms with Gasteiger partial charge in [0, 0.05) is 18.5 Å². The van der Waals surface area contributed by atoms with Crippen molar-refractivity contribution in [3.8, 4) is 0 Å². The summed E-state index contributed by atoms with van der Waals surface area (Å²) in [6, 6.07) is 4.71. The minimum absolute atomic E-state index is 0.0256. The van der Waals surface area contributed by atoms with Crippen LogP contribution in [0.5, 0.6) is 0 Å². The zero-order valence-electron chi connectivity index (χ0n) is 19.8. The van der Waals surface area contributed by atoms with Crippen LogP contribution in [0.2, 0.25) is 0 Å². The molecule has 0 radical (unpaired) electrons. The molecule has 0 aromatic heterocycles. The van der Waals surface area contributed by atoms with Crippen LogP contribution in [-0.2, 0) is 14.3 Å². The number of piperidine rings is 1. The van der Waals surface area contributed by atoms with E-state index in [1.54, 1.807) is 12.1 Å². The highest BCUT2D eigenvalue weighted by molar-refractivity contribution is 5.90. The second-order valence-electron chi connectivity index (χ2n) is 10.6. The fraction of sp³-hybridized carbons (Fsp3) is 0.667. The number of halogens is 1. The van der Waals surface area contributed by atoms with Gasteiger partial charge in [0.2, 0.25) is 0 Å². The van der Waals surface area contributed by atoms with E-state index >= 15 is 4.39 Å². The van der Waals surface area contributed by atoms with E-state index in [0.29, 0.717) is 24.5 Å². The third kappa shape index (κ3) is 3.86. The van der Waals surface area contributed by atoms with Gasteiger partial charge >= 0.3 is 12.2 Å². The Morgan fingerprint density at radius 2 is 2.00 bits per heavy atom. The van der Waals surface area contributed by atoms with Crippen LogP contribution in [0.4, 0.5) is 25.4 Å². The fourth-order valence-corrected chi connectivity index (χ4v) is 5.86. The number of amides is 2. The topological polar surface area (TPSA) is 91.8 Å². The van der Waals surface area contributed by atoms with E-state index in [1.165, 1.54) is 16.0 Å². The lowest BCUT2D eigenvalue weighted by molar-refractivity contribution is -0.170. The van der Waals surface area contributed by atoms with E-state index in [4.69, 9.17) is 14.3 Å². The van der Waals surface area contributed by atoms with Crippen molar-refractivity contribution in [1.82, 2.24) is 5.06 Å². The quantitative estimate of drug-likeness (QED) is 0.713. The average Bonchev–Trinajstić information content (AvgIpc) is 3.42. The van der Waals surface area contributed by atoms with Crippen molar-refractivity contribution >= 4 is 23.6 Å². The zero-order valence-corrected chi connectivity index (χ0v) is 19.8. The van der Waals surface area contributed by atoms with Gasteiger partial charge in [-0.05, 0) is 64.7 Å². The minimum atomic E-state index is -0.599. The van der Waals surface area contributed by atoms with Gasteiger partial charge in [-0.15, -0.1) is 0 Å². The van der Waals surface area contributed by atoms with Crippen LogP contribution in [0.25, 0.3) is 0 Å². The van der Waals surface area contributed by atoms with Gasteiger partial charge in [-0.3, -0.25) is 9.74 Å². The number of carbonyl (C=O) groups excluding carboxylic acids is 2. The van der Waals surface area contributed by atoms with Gasteiger partial charge in [-0.1, -0.05) is 0 Å². The van der Waals surface area contributed by atoms with Crippen LogP contribution < -0.4 is 9.80 Å². The molecule has 1 spiro atoms. The number of hydrogen-bond acceptors (Lipinski definition) is 7. The molecule has 3 heterocycles. The van der Waals surface area contributed by atoms with Crippen molar-refractivity contribution in [3.63, 3.8) is 0 Å². The first-order chi connectivity index (χ1) is 16.1. The number of cyclic esters (lactones) is 1. The van der Waals surface area contributed by atoms with E-state index < -0.39 is 29.7 Å². The highest BCUT2D eigenvalue weighted by atomic mass is 19.1. The van der Waals surface area contributed by atoms with E-state index in [1.807, 2.05) is 25.7 Å². The summed E-state index contributed by atoms with van der Waals surface area (Å²) < 4.78 is 25.7. The van der Waals surface area contributed by atoms with Gasteiger partial charge in [0.25, 0.3) is 0 Å². The maximum Gasteiger partial charge on any atom is 0.434 e. The summed E-state index contributed by atoms with van der Waals surface area (Å²) in [6.07, 6.45) is 1.72. The molecule has 1 aliphatic carbocycles. The molecular formula is C24H32FN3O6. The molecule has 2 amide bonds. The first-order valence-electron chi connectivity index (χ1n) is 11.9. The van der Waals surface area contributed by atoms with Gasteiger partial charge < -0.3 is 19.5 Å². The number of anilines is 2. The Kier molecular flexibility index (Phi) is 5.63. The van der Waals surface area contributed by atoms with Crippen molar-refractivity contribution in [2.45, 2.75) is 70.3 Å². The predicted octanol–water partition coefficient (Wildman–Crippen LogP) is 3.44. The van der Waals surface area contributed by atoms with E-state index in [0.717, 1.165) is 25.7 Å². The lowest BCUT2D eigenvalue weighted by Crippen LogP contribution is -2.48. The molecule has 4 aliphatic rings. The number of aliphatic hydroxyl groups is 1. The lowest BCUT2D eigenvalue weighted by Gasteiger charge is -2.42. The van der Waals surface area contributed by atoms with E-state index in [-0.39, 0.29) is 30.7 Å². The molecular weight excluding hydrogens is 445 g/mol. The second-order valence-corrected chi connectivity index (χ2v) is 10.6. The smallest absolute Gasteiger partial charge is 0.434 e. The van der Waals surface area contributed by atoms with Crippen LogP contribution in [0.1, 0.15) is 46.5 Å². The third-order valence-corrected chi connectivity index (χ3v) is 7.46. The Labute approximate surface area is 198 Å². The van der Waals surface area contributed by atoms with Gasteiger partial charge in [-0.25, -0.2) is 14.0 Å². The zero-order chi connectivity index (χ0) is 24.3. The van der Waals surface area contributed by atoms with E-state index in [9.17, 15) is 14.7 Å². The molecule has 9 nitrogen and oxygen atoms in total. The molecule has 2 bridgehead atoms. The number of nitrogens with zero attached hydrogens (tertiary/aromatic N) is 3. The number of ether oxygens (including phenoxy) is 2. The number of aliphatic hydroxyl groups excluding tert-OH is 1. The monoisotopic (exact) mass is 477 g/mol. The standard InChI is InChI=1S/C24H32FN3O6/c1-23(2,3)33-22(31)28-19-6-7-20(34-28)24(19)8-10-26(11-9-24)18-5-4-15(12-17(18)25)27-13-16(14-29)32-21(27)30/h4-5,12,16,19-20,29H,6-11,13-14H2,1-3H3/t16-,19?,20?/m1/s1. The van der Waals surface area contributed by atoms with Crippen molar-refractivity contribution in [2.24, 2.45) is 5.41 Å². The summed E-state index contributed by atoms with van der Waals surface area (Å²) in [7, 11) is 0. The maximum absolute atomic E-state index is 15.1. The molecule has 1 N–H and O–H groups in total. The molecule has 1 aromatic rings. The van der Waals surface area contributed by atoms with Crippen LogP contribution >= 0.6 is 0 Å². The van der Waals surface area contributed by atoms with Crippen molar-refractivity contribution < 1.29 is 33.4 Å². The number of rotatable bonds is 3. The number of hydrogen-bond donors (Lipinski definition) is 1. The first kappa shape index (κ1) is 23.2. The molecule has 1 saturated carbocycles. The lowest BCUT2D eigenvalue weighted by atomic mass is 9.73. The molecule has 10 heteroatoms. The number of carbonyl (C=O) groups is 2. The first-order valence-corrected chi connectivity index (χ1v) is 11.9. The normalized spacial score (nSPS) is 28.1. The summed E-state index contributed by atoms with van der Waals surface area (Å²) in [5.41, 5.74) is 0.168. The van der Waals surface area contributed by atoms with Gasteiger partial charge in [0.05, 0.1) is 36.7 Å². The Bertz CT molecular complexity index is 974. The summed E-state index contributed by atoms with van der Waals surface area (Å²) >= 11 is 0. The SMILES string of the molecule is CC(C)(C)OC(=O)N1OC2CCC1C21CCN(c2ccc(N3C[C@H](CO)OC3=O)cc2F)CC1. The molecule has 3 aliphatic heterocycles. The van der Waals surface area contributed by atoms with Crippen LogP contribution in [0, 0.1) is 11.2 Å². The maximum atomic E-state index is 15.1. The average molecular weight is 478 g/mol. The van der Waals surface area contributed by atoms with E-state index in [2.05, 4.69) is 0 Å². The molecule has 186 valence electrons. The molecule has 5 rings (SSSR count). The van der Waals surface area contributed by atoms with Crippen LogP contribution in [-0.4, -0.2) is 72.4 Å². The highest BCUT2D eigenvalue weighted by Gasteiger charge is 2.62. The van der Waals surface area contributed by atoms with Crippen molar-refractivity contribution in [1.29, 1.82) is 0 Å². The predicted molar refractivity (Wildman–Crippen MR) is 121 cm³/mol. The van der Waals surface area contributed by atoms with Crippen molar-refractivity contribution in [2.75, 3.05) is 36.0 Å². The van der Waals surface area contributed by atoms with Gasteiger partial charge in [0.1, 0.15) is 17.5 Å². The number of hydroxylamine groups is 2. The molecule has 2 unspecified atom stereocenters. The molecule has 1 aromatic carbocycles. The molecule has 4 fully saturated rings. The Balaban J connectivity index is 1.26. The minimum Gasteiger partial charge on any atom is -0.442 e. The summed E-state index contributed by atoms with van der Waals surface area (Å²) in [6.45, 7) is 6.73. The highest BCUT2D eigenvalue weighted by Crippen LogP contribution is 2.55. The molecule has 3 saturated heterocycles. The van der Waals surface area contributed by atoms with Crippen LogP contribution in [0.3, 0.4) is 0 Å². The van der Waals surface area contributed by atoms with Crippen molar-refractivity contribution in [3.05, 3.63) is 24.0 Å². The third-order valence-electron chi connectivity index (χ3n) is 7.46. The van der Waals surface area contributed by atoms with Crippen LogP contribution in [0.15, 0.2) is 18.2 Å².